The van der Waals surface area contributed by atoms with Gasteiger partial charge in [-0.2, -0.15) is 0 Å². The Kier molecular flexibility index (Phi) is 5.22. The standard InChI is InChI=1S/C23H21N3O4S2/c27-22(14-18-7-4-12-31-18)25-11-10-17-13-19(8-9-21(17)25)32(29,30)26-15-20(24-23(26)28)16-5-2-1-3-6-16/h1-9,12-13,20H,10-11,14-15H2,(H,24,28)/t20-/m1/s1. The topological polar surface area (TPSA) is 86.8 Å². The molecule has 9 heteroatoms. The number of hydrogen-bond acceptors (Lipinski definition) is 5. The molecule has 3 aromatic rings. The van der Waals surface area contributed by atoms with Crippen molar-refractivity contribution < 1.29 is 18.0 Å². The molecule has 32 heavy (non-hydrogen) atoms. The van der Waals surface area contributed by atoms with Gasteiger partial charge in [0.05, 0.1) is 23.9 Å². The normalized spacial score (nSPS) is 18.0. The minimum Gasteiger partial charge on any atom is -0.328 e. The van der Waals surface area contributed by atoms with Crippen LogP contribution in [0.25, 0.3) is 0 Å². The van der Waals surface area contributed by atoms with Gasteiger partial charge in [0.1, 0.15) is 0 Å². The van der Waals surface area contributed by atoms with Crippen molar-refractivity contribution in [1.82, 2.24) is 9.62 Å². The largest absolute Gasteiger partial charge is 0.331 e. The van der Waals surface area contributed by atoms with Crippen LogP contribution in [0.4, 0.5) is 10.5 Å². The number of thiophene rings is 1. The van der Waals surface area contributed by atoms with Gasteiger partial charge in [-0.1, -0.05) is 36.4 Å². The van der Waals surface area contributed by atoms with E-state index in [9.17, 15) is 18.0 Å². The number of fused-ring (bicyclic) bond motifs is 1. The van der Waals surface area contributed by atoms with Crippen LogP contribution in [0.15, 0.2) is 70.9 Å². The summed E-state index contributed by atoms with van der Waals surface area (Å²) in [6.45, 7) is 0.553. The zero-order valence-corrected chi connectivity index (χ0v) is 18.7. The molecule has 2 aliphatic rings. The van der Waals surface area contributed by atoms with Crippen molar-refractivity contribution in [3.05, 3.63) is 82.0 Å². The van der Waals surface area contributed by atoms with Crippen LogP contribution in [0, 0.1) is 0 Å². The van der Waals surface area contributed by atoms with Crippen LogP contribution >= 0.6 is 11.3 Å². The Bertz CT molecular complexity index is 1270. The molecule has 5 rings (SSSR count). The van der Waals surface area contributed by atoms with Crippen molar-refractivity contribution >= 4 is 39.0 Å². The molecule has 0 radical (unpaired) electrons. The maximum Gasteiger partial charge on any atom is 0.331 e. The maximum absolute atomic E-state index is 13.2. The van der Waals surface area contributed by atoms with Gasteiger partial charge in [-0.3, -0.25) is 4.79 Å². The van der Waals surface area contributed by atoms with Gasteiger partial charge in [0, 0.05) is 17.1 Å². The van der Waals surface area contributed by atoms with E-state index in [1.165, 1.54) is 17.4 Å². The van der Waals surface area contributed by atoms with Crippen molar-refractivity contribution in [2.45, 2.75) is 23.8 Å². The Balaban J connectivity index is 1.36. The van der Waals surface area contributed by atoms with Gasteiger partial charge in [-0.15, -0.1) is 11.3 Å². The molecule has 1 saturated heterocycles. The molecule has 0 aliphatic carbocycles. The fourth-order valence-electron chi connectivity index (χ4n) is 4.18. The second-order valence-electron chi connectivity index (χ2n) is 7.79. The van der Waals surface area contributed by atoms with E-state index in [4.69, 9.17) is 0 Å². The number of benzene rings is 2. The summed E-state index contributed by atoms with van der Waals surface area (Å²) in [6, 6.07) is 16.9. The van der Waals surface area contributed by atoms with Crippen LogP contribution in [0.1, 0.15) is 22.0 Å². The highest BCUT2D eigenvalue weighted by molar-refractivity contribution is 7.89. The summed E-state index contributed by atoms with van der Waals surface area (Å²) in [5, 5.41) is 4.69. The molecule has 164 valence electrons. The molecule has 1 fully saturated rings. The molecule has 7 nitrogen and oxygen atoms in total. The van der Waals surface area contributed by atoms with Gasteiger partial charge in [0.2, 0.25) is 5.91 Å². The lowest BCUT2D eigenvalue weighted by Crippen LogP contribution is -2.34. The molecule has 0 bridgehead atoms. The smallest absolute Gasteiger partial charge is 0.328 e. The Labute approximate surface area is 190 Å². The van der Waals surface area contributed by atoms with E-state index in [1.807, 2.05) is 47.8 Å². The van der Waals surface area contributed by atoms with Crippen LogP contribution in [0.2, 0.25) is 0 Å². The molecule has 0 saturated carbocycles. The Morgan fingerprint density at radius 3 is 2.66 bits per heavy atom. The van der Waals surface area contributed by atoms with Crippen LogP contribution < -0.4 is 10.2 Å². The van der Waals surface area contributed by atoms with E-state index in [1.54, 1.807) is 17.0 Å². The monoisotopic (exact) mass is 467 g/mol. The predicted octanol–water partition coefficient (Wildman–Crippen LogP) is 3.34. The lowest BCUT2D eigenvalue weighted by Gasteiger charge is -2.19. The highest BCUT2D eigenvalue weighted by Crippen LogP contribution is 2.33. The van der Waals surface area contributed by atoms with Crippen molar-refractivity contribution in [1.29, 1.82) is 0 Å². The summed E-state index contributed by atoms with van der Waals surface area (Å²) in [7, 11) is -4.01. The quantitative estimate of drug-likeness (QED) is 0.624. The van der Waals surface area contributed by atoms with Crippen molar-refractivity contribution in [3.8, 4) is 0 Å². The molecular weight excluding hydrogens is 446 g/mol. The van der Waals surface area contributed by atoms with Gasteiger partial charge in [-0.05, 0) is 47.2 Å². The zero-order chi connectivity index (χ0) is 22.3. The Morgan fingerprint density at radius 2 is 1.91 bits per heavy atom. The lowest BCUT2D eigenvalue weighted by atomic mass is 10.1. The molecular formula is C23H21N3O4S2. The number of carbonyl (C=O) groups excluding carboxylic acids is 2. The third-order valence-electron chi connectivity index (χ3n) is 5.82. The SMILES string of the molecule is O=C(Cc1cccs1)N1CCc2cc(S(=O)(=O)N3C[C@H](c4ccccc4)NC3=O)ccc21. The second kappa shape index (κ2) is 8.07. The van der Waals surface area contributed by atoms with Gasteiger partial charge >= 0.3 is 6.03 Å². The summed E-state index contributed by atoms with van der Waals surface area (Å²) in [5.74, 6) is -0.00793. The minimum absolute atomic E-state index is 0.00793. The average molecular weight is 468 g/mol. The minimum atomic E-state index is -4.01. The van der Waals surface area contributed by atoms with E-state index < -0.39 is 22.1 Å². The van der Waals surface area contributed by atoms with E-state index in [-0.39, 0.29) is 17.3 Å². The molecule has 3 heterocycles. The van der Waals surface area contributed by atoms with Gasteiger partial charge in [-0.25, -0.2) is 17.5 Å². The molecule has 1 atom stereocenters. The lowest BCUT2D eigenvalue weighted by molar-refractivity contribution is -0.117. The first-order chi connectivity index (χ1) is 15.4. The number of anilines is 1. The van der Waals surface area contributed by atoms with Crippen LogP contribution in [0.3, 0.4) is 0 Å². The molecule has 0 spiro atoms. The van der Waals surface area contributed by atoms with Crippen molar-refractivity contribution in [3.63, 3.8) is 0 Å². The highest BCUT2D eigenvalue weighted by atomic mass is 32.2. The number of amides is 3. The van der Waals surface area contributed by atoms with Crippen LogP contribution in [-0.2, 0) is 27.7 Å². The third-order valence-corrected chi connectivity index (χ3v) is 8.44. The second-order valence-corrected chi connectivity index (χ2v) is 10.7. The van der Waals surface area contributed by atoms with Crippen LogP contribution in [-0.4, -0.2) is 37.8 Å². The van der Waals surface area contributed by atoms with E-state index in [2.05, 4.69) is 5.32 Å². The summed E-state index contributed by atoms with van der Waals surface area (Å²) < 4.78 is 27.4. The molecule has 0 unspecified atom stereocenters. The van der Waals surface area contributed by atoms with Crippen molar-refractivity contribution in [2.24, 2.45) is 0 Å². The molecule has 2 aromatic carbocycles. The number of nitrogens with one attached hydrogen (secondary N) is 1. The zero-order valence-electron chi connectivity index (χ0n) is 17.1. The fraction of sp³-hybridized carbons (Fsp3) is 0.217. The highest BCUT2D eigenvalue weighted by Gasteiger charge is 2.39. The molecule has 1 N–H and O–H groups in total. The summed E-state index contributed by atoms with van der Waals surface area (Å²) in [5.41, 5.74) is 2.38. The number of rotatable bonds is 5. The Hall–Kier alpha value is -3.17. The van der Waals surface area contributed by atoms with E-state index in [0.717, 1.165) is 26.0 Å². The first-order valence-electron chi connectivity index (χ1n) is 10.3. The first-order valence-corrected chi connectivity index (χ1v) is 12.6. The number of carbonyl (C=O) groups is 2. The number of hydrogen-bond donors (Lipinski definition) is 1. The fourth-order valence-corrected chi connectivity index (χ4v) is 6.28. The van der Waals surface area contributed by atoms with Crippen molar-refractivity contribution in [2.75, 3.05) is 18.0 Å². The summed E-state index contributed by atoms with van der Waals surface area (Å²) in [6.07, 6.45) is 0.902. The number of urea groups is 1. The molecule has 3 amide bonds. The summed E-state index contributed by atoms with van der Waals surface area (Å²) in [4.78, 5) is 28.0. The van der Waals surface area contributed by atoms with E-state index in [0.29, 0.717) is 19.4 Å². The average Bonchev–Trinajstić information content (AvgIpc) is 3.53. The molecule has 2 aliphatic heterocycles. The number of sulfonamides is 1. The summed E-state index contributed by atoms with van der Waals surface area (Å²) >= 11 is 1.54. The van der Waals surface area contributed by atoms with Gasteiger partial charge in [0.25, 0.3) is 10.0 Å². The number of nitrogens with zero attached hydrogens (tertiary/aromatic N) is 2. The predicted molar refractivity (Wildman–Crippen MR) is 122 cm³/mol. The van der Waals surface area contributed by atoms with Gasteiger partial charge in [0.15, 0.2) is 0 Å². The van der Waals surface area contributed by atoms with Gasteiger partial charge < -0.3 is 10.2 Å². The van der Waals surface area contributed by atoms with Crippen LogP contribution in [0.5, 0.6) is 0 Å². The third kappa shape index (κ3) is 3.67. The maximum atomic E-state index is 13.2. The molecule has 1 aromatic heterocycles. The Morgan fingerprint density at radius 1 is 1.09 bits per heavy atom. The first kappa shape index (κ1) is 20.7. The van der Waals surface area contributed by atoms with E-state index >= 15 is 0 Å².